The van der Waals surface area contributed by atoms with Gasteiger partial charge in [0.05, 0.1) is 27.1 Å². The van der Waals surface area contributed by atoms with E-state index in [0.717, 1.165) is 11.1 Å². The van der Waals surface area contributed by atoms with E-state index in [-0.39, 0.29) is 0 Å². The first-order valence-corrected chi connectivity index (χ1v) is 10.3. The summed E-state index contributed by atoms with van der Waals surface area (Å²) in [6.07, 6.45) is 0. The number of rotatable bonds is 8. The highest BCUT2D eigenvalue weighted by Crippen LogP contribution is 2.41. The molecule has 31 heavy (non-hydrogen) atoms. The van der Waals surface area contributed by atoms with Crippen LogP contribution >= 0.6 is 11.8 Å². The summed E-state index contributed by atoms with van der Waals surface area (Å²) in [4.78, 5) is 0. The molecule has 0 saturated carbocycles. The number of ether oxygens (including phenoxy) is 3. The Morgan fingerprint density at radius 3 is 2.06 bits per heavy atom. The number of thioether (sulfide) groups is 1. The fourth-order valence-corrected chi connectivity index (χ4v) is 3.44. The Bertz CT molecular complexity index is 1150. The molecular formula is C21H20N4O5S. The molecule has 2 heterocycles. The van der Waals surface area contributed by atoms with E-state index in [1.807, 2.05) is 31.2 Å². The smallest absolute Gasteiger partial charge is 0.277 e. The largest absolute Gasteiger partial charge is 0.493 e. The van der Waals surface area contributed by atoms with E-state index in [1.54, 1.807) is 33.5 Å². The lowest BCUT2D eigenvalue weighted by Crippen LogP contribution is -1.95. The molecule has 0 radical (unpaired) electrons. The summed E-state index contributed by atoms with van der Waals surface area (Å²) in [5.41, 5.74) is 2.68. The fourth-order valence-electron chi connectivity index (χ4n) is 2.84. The molecule has 0 bridgehead atoms. The number of nitrogens with zero attached hydrogens (tertiary/aromatic N) is 4. The van der Waals surface area contributed by atoms with Crippen molar-refractivity contribution in [2.45, 2.75) is 17.9 Å². The molecular weight excluding hydrogens is 420 g/mol. The van der Waals surface area contributed by atoms with Crippen LogP contribution in [0.4, 0.5) is 0 Å². The van der Waals surface area contributed by atoms with Gasteiger partial charge in [-0.2, -0.15) is 0 Å². The van der Waals surface area contributed by atoms with Gasteiger partial charge in [0.25, 0.3) is 5.22 Å². The van der Waals surface area contributed by atoms with Crippen molar-refractivity contribution >= 4 is 11.8 Å². The number of hydrogen-bond donors (Lipinski definition) is 0. The topological polar surface area (TPSA) is 106 Å². The van der Waals surface area contributed by atoms with Crippen LogP contribution in [0, 0.1) is 6.92 Å². The van der Waals surface area contributed by atoms with Crippen molar-refractivity contribution in [3.8, 4) is 40.2 Å². The van der Waals surface area contributed by atoms with Crippen molar-refractivity contribution in [3.63, 3.8) is 0 Å². The van der Waals surface area contributed by atoms with Crippen molar-refractivity contribution in [2.75, 3.05) is 21.3 Å². The Morgan fingerprint density at radius 2 is 1.42 bits per heavy atom. The van der Waals surface area contributed by atoms with Gasteiger partial charge in [-0.25, -0.2) is 0 Å². The highest BCUT2D eigenvalue weighted by atomic mass is 32.2. The predicted molar refractivity (Wildman–Crippen MR) is 113 cm³/mol. The van der Waals surface area contributed by atoms with Crippen LogP contribution in [0.3, 0.4) is 0 Å². The number of aryl methyl sites for hydroxylation is 1. The van der Waals surface area contributed by atoms with Gasteiger partial charge < -0.3 is 23.0 Å². The van der Waals surface area contributed by atoms with Crippen LogP contribution in [0.2, 0.25) is 0 Å². The first kappa shape index (κ1) is 20.7. The van der Waals surface area contributed by atoms with Gasteiger partial charge in [-0.05, 0) is 31.2 Å². The molecule has 0 aliphatic heterocycles. The highest BCUT2D eigenvalue weighted by Gasteiger charge is 2.18. The standard InChI is InChI=1S/C21H20N4O5S/c1-12-5-7-13(8-6-12)19-24-25-21(30-19)31-11-17-22-23-20(29-17)14-9-15(26-2)18(28-4)16(10-14)27-3/h5-10H,11H2,1-4H3. The number of hydrogen-bond acceptors (Lipinski definition) is 10. The van der Waals surface area contributed by atoms with Gasteiger partial charge in [0.15, 0.2) is 11.5 Å². The summed E-state index contributed by atoms with van der Waals surface area (Å²) in [5.74, 6) is 3.09. The average molecular weight is 440 g/mol. The summed E-state index contributed by atoms with van der Waals surface area (Å²) < 4.78 is 27.6. The second-order valence-electron chi connectivity index (χ2n) is 6.44. The van der Waals surface area contributed by atoms with Crippen molar-refractivity contribution in [2.24, 2.45) is 0 Å². The molecule has 4 aromatic rings. The quantitative estimate of drug-likeness (QED) is 0.366. The number of methoxy groups -OCH3 is 3. The molecule has 4 rings (SSSR count). The van der Waals surface area contributed by atoms with E-state index in [2.05, 4.69) is 20.4 Å². The average Bonchev–Trinajstić information content (AvgIpc) is 3.47. The molecule has 10 heteroatoms. The lowest BCUT2D eigenvalue weighted by Gasteiger charge is -2.12. The zero-order chi connectivity index (χ0) is 21.8. The van der Waals surface area contributed by atoms with Gasteiger partial charge in [-0.15, -0.1) is 20.4 Å². The SMILES string of the molecule is COc1cc(-c2nnc(CSc3nnc(-c4ccc(C)cc4)o3)o2)cc(OC)c1OC. The minimum Gasteiger partial charge on any atom is -0.493 e. The van der Waals surface area contributed by atoms with Gasteiger partial charge in [0, 0.05) is 11.1 Å². The molecule has 2 aromatic heterocycles. The van der Waals surface area contributed by atoms with Crippen LogP contribution in [0.15, 0.2) is 50.5 Å². The molecule has 0 saturated heterocycles. The summed E-state index contributed by atoms with van der Waals surface area (Å²) in [7, 11) is 4.64. The minimum absolute atomic E-state index is 0.334. The molecule has 0 unspecified atom stereocenters. The monoisotopic (exact) mass is 440 g/mol. The van der Waals surface area contributed by atoms with E-state index in [4.69, 9.17) is 23.0 Å². The Morgan fingerprint density at radius 1 is 0.774 bits per heavy atom. The van der Waals surface area contributed by atoms with E-state index in [0.29, 0.717) is 51.5 Å². The van der Waals surface area contributed by atoms with Crippen molar-refractivity contribution in [1.29, 1.82) is 0 Å². The normalized spacial score (nSPS) is 10.8. The highest BCUT2D eigenvalue weighted by molar-refractivity contribution is 7.98. The molecule has 0 spiro atoms. The molecule has 0 N–H and O–H groups in total. The van der Waals surface area contributed by atoms with Gasteiger partial charge in [-0.3, -0.25) is 0 Å². The second kappa shape index (κ2) is 9.09. The maximum Gasteiger partial charge on any atom is 0.277 e. The van der Waals surface area contributed by atoms with Crippen molar-refractivity contribution in [3.05, 3.63) is 47.9 Å². The summed E-state index contributed by atoms with van der Waals surface area (Å²) in [5, 5.41) is 16.8. The van der Waals surface area contributed by atoms with E-state index in [9.17, 15) is 0 Å². The van der Waals surface area contributed by atoms with Crippen LogP contribution in [0.25, 0.3) is 22.9 Å². The van der Waals surface area contributed by atoms with Gasteiger partial charge >= 0.3 is 0 Å². The van der Waals surface area contributed by atoms with E-state index >= 15 is 0 Å². The van der Waals surface area contributed by atoms with Crippen LogP contribution in [-0.4, -0.2) is 41.7 Å². The number of benzene rings is 2. The maximum atomic E-state index is 5.78. The minimum atomic E-state index is 0.334. The second-order valence-corrected chi connectivity index (χ2v) is 7.37. The van der Waals surface area contributed by atoms with Crippen molar-refractivity contribution in [1.82, 2.24) is 20.4 Å². The number of aromatic nitrogens is 4. The lowest BCUT2D eigenvalue weighted by molar-refractivity contribution is 0.324. The van der Waals surface area contributed by atoms with E-state index in [1.165, 1.54) is 11.8 Å². The van der Waals surface area contributed by atoms with Crippen molar-refractivity contribution < 1.29 is 23.0 Å². The van der Waals surface area contributed by atoms with Crippen LogP contribution < -0.4 is 14.2 Å². The Hall–Kier alpha value is -3.53. The molecule has 2 aromatic carbocycles. The van der Waals surface area contributed by atoms with Crippen LogP contribution in [-0.2, 0) is 5.75 Å². The fraction of sp³-hybridized carbons (Fsp3) is 0.238. The van der Waals surface area contributed by atoms with Crippen LogP contribution in [0.5, 0.6) is 17.2 Å². The van der Waals surface area contributed by atoms with E-state index < -0.39 is 0 Å². The van der Waals surface area contributed by atoms with Crippen LogP contribution in [0.1, 0.15) is 11.5 Å². The van der Waals surface area contributed by atoms with Gasteiger partial charge in [0.2, 0.25) is 23.4 Å². The van der Waals surface area contributed by atoms with Gasteiger partial charge in [0.1, 0.15) is 0 Å². The molecule has 160 valence electrons. The molecule has 0 amide bonds. The molecule has 0 aliphatic carbocycles. The summed E-state index contributed by atoms with van der Waals surface area (Å²) >= 11 is 1.32. The lowest BCUT2D eigenvalue weighted by atomic mass is 10.1. The zero-order valence-electron chi connectivity index (χ0n) is 17.4. The zero-order valence-corrected chi connectivity index (χ0v) is 18.2. The summed E-state index contributed by atoms with van der Waals surface area (Å²) in [6, 6.07) is 11.4. The third-order valence-corrected chi connectivity index (χ3v) is 5.21. The molecule has 9 nitrogen and oxygen atoms in total. The molecule has 0 atom stereocenters. The first-order chi connectivity index (χ1) is 15.1. The Kier molecular flexibility index (Phi) is 6.08. The molecule has 0 fully saturated rings. The Labute approximate surface area is 182 Å². The Balaban J connectivity index is 1.47. The maximum absolute atomic E-state index is 5.78. The molecule has 0 aliphatic rings. The van der Waals surface area contributed by atoms with Gasteiger partial charge in [-0.1, -0.05) is 29.5 Å². The summed E-state index contributed by atoms with van der Waals surface area (Å²) in [6.45, 7) is 2.02. The third-order valence-electron chi connectivity index (χ3n) is 4.40. The predicted octanol–water partition coefficient (Wildman–Crippen LogP) is 4.41. The first-order valence-electron chi connectivity index (χ1n) is 9.27. The third kappa shape index (κ3) is 4.48.